The Morgan fingerprint density at radius 3 is 2.47 bits per heavy atom. The highest BCUT2D eigenvalue weighted by Crippen LogP contribution is 2.38. The van der Waals surface area contributed by atoms with E-state index in [0.29, 0.717) is 44.6 Å². The number of piperidine rings is 1. The summed E-state index contributed by atoms with van der Waals surface area (Å²) in [6, 6.07) is 17.5. The molecule has 0 atom stereocenters. The number of hydrogen-bond donors (Lipinski definition) is 1. The lowest BCUT2D eigenvalue weighted by Crippen LogP contribution is -2.51. The number of aromatic nitrogens is 2. The van der Waals surface area contributed by atoms with Crippen molar-refractivity contribution >= 4 is 11.8 Å². The minimum absolute atomic E-state index is 0.0610. The van der Waals surface area contributed by atoms with Crippen molar-refractivity contribution in [3.63, 3.8) is 0 Å². The molecule has 0 bridgehead atoms. The Bertz CT molecular complexity index is 1060. The Kier molecular flexibility index (Phi) is 6.59. The Balaban J connectivity index is 1.59. The van der Waals surface area contributed by atoms with Gasteiger partial charge in [0, 0.05) is 43.8 Å². The molecule has 32 heavy (non-hydrogen) atoms. The number of amides is 2. The number of carbonyl (C=O) groups excluding carboxylic acids is 2. The Labute approximate surface area is 188 Å². The van der Waals surface area contributed by atoms with Gasteiger partial charge in [0.15, 0.2) is 0 Å². The van der Waals surface area contributed by atoms with Crippen molar-refractivity contribution < 1.29 is 9.59 Å². The highest BCUT2D eigenvalue weighted by molar-refractivity contribution is 5.92. The van der Waals surface area contributed by atoms with Gasteiger partial charge in [-0.3, -0.25) is 19.6 Å². The molecule has 6 heteroatoms. The van der Waals surface area contributed by atoms with Gasteiger partial charge < -0.3 is 10.2 Å². The van der Waals surface area contributed by atoms with Gasteiger partial charge >= 0.3 is 0 Å². The number of benzene rings is 1. The largest absolute Gasteiger partial charge is 0.356 e. The molecule has 2 aromatic heterocycles. The molecular weight excluding hydrogens is 400 g/mol. The van der Waals surface area contributed by atoms with E-state index in [0.717, 1.165) is 16.7 Å². The van der Waals surface area contributed by atoms with Gasteiger partial charge in [-0.05, 0) is 55.5 Å². The molecule has 1 aliphatic heterocycles. The lowest BCUT2D eigenvalue weighted by molar-refractivity contribution is -0.133. The Hall–Kier alpha value is -3.54. The molecule has 0 aliphatic carbocycles. The first-order chi connectivity index (χ1) is 15.6. The van der Waals surface area contributed by atoms with Crippen LogP contribution in [0.4, 0.5) is 0 Å². The van der Waals surface area contributed by atoms with Crippen LogP contribution in [0.15, 0.2) is 73.2 Å². The van der Waals surface area contributed by atoms with Crippen LogP contribution in [0.5, 0.6) is 0 Å². The summed E-state index contributed by atoms with van der Waals surface area (Å²) in [5.41, 5.74) is 3.14. The number of carbonyl (C=O) groups is 2. The highest BCUT2D eigenvalue weighted by Gasteiger charge is 2.42. The average Bonchev–Trinajstić information content (AvgIpc) is 2.85. The van der Waals surface area contributed by atoms with Gasteiger partial charge in [-0.15, -0.1) is 0 Å². The van der Waals surface area contributed by atoms with Crippen molar-refractivity contribution in [1.29, 1.82) is 0 Å². The van der Waals surface area contributed by atoms with E-state index in [2.05, 4.69) is 27.4 Å². The van der Waals surface area contributed by atoms with Crippen molar-refractivity contribution in [3.05, 3.63) is 84.4 Å². The third-order valence-corrected chi connectivity index (χ3v) is 6.23. The summed E-state index contributed by atoms with van der Waals surface area (Å²) in [7, 11) is 0. The zero-order valence-electron chi connectivity index (χ0n) is 18.3. The number of likely N-dealkylation sites (tertiary alicyclic amines) is 1. The molecule has 4 rings (SSSR count). The van der Waals surface area contributed by atoms with Crippen LogP contribution in [-0.4, -0.2) is 46.3 Å². The maximum Gasteiger partial charge on any atom is 0.272 e. The van der Waals surface area contributed by atoms with E-state index in [9.17, 15) is 9.59 Å². The third-order valence-electron chi connectivity index (χ3n) is 6.23. The second-order valence-corrected chi connectivity index (χ2v) is 8.22. The van der Waals surface area contributed by atoms with Crippen LogP contribution < -0.4 is 5.32 Å². The molecule has 164 valence electrons. The van der Waals surface area contributed by atoms with Gasteiger partial charge in [0.2, 0.25) is 5.91 Å². The fraction of sp³-hybridized carbons (Fsp3) is 0.308. The molecule has 1 fully saturated rings. The van der Waals surface area contributed by atoms with Gasteiger partial charge in [0.05, 0.1) is 5.41 Å². The lowest BCUT2D eigenvalue weighted by atomic mass is 9.72. The molecule has 3 aromatic rings. The van der Waals surface area contributed by atoms with Gasteiger partial charge in [0.25, 0.3) is 5.91 Å². The summed E-state index contributed by atoms with van der Waals surface area (Å²) in [6.45, 7) is 3.58. The monoisotopic (exact) mass is 428 g/mol. The van der Waals surface area contributed by atoms with Crippen LogP contribution in [0.25, 0.3) is 11.1 Å². The Morgan fingerprint density at radius 1 is 1.00 bits per heavy atom. The molecule has 0 spiro atoms. The zero-order chi connectivity index (χ0) is 22.4. The van der Waals surface area contributed by atoms with Crippen molar-refractivity contribution in [3.8, 4) is 11.1 Å². The smallest absolute Gasteiger partial charge is 0.272 e. The van der Waals surface area contributed by atoms with Crippen molar-refractivity contribution in [2.45, 2.75) is 26.2 Å². The summed E-state index contributed by atoms with van der Waals surface area (Å²) < 4.78 is 0. The molecule has 6 nitrogen and oxygen atoms in total. The fourth-order valence-corrected chi connectivity index (χ4v) is 4.46. The highest BCUT2D eigenvalue weighted by atomic mass is 16.2. The van der Waals surface area contributed by atoms with E-state index < -0.39 is 5.41 Å². The van der Waals surface area contributed by atoms with Gasteiger partial charge in [0.1, 0.15) is 5.69 Å². The molecule has 1 N–H and O–H groups in total. The second kappa shape index (κ2) is 9.73. The van der Waals surface area contributed by atoms with Gasteiger partial charge in [-0.2, -0.15) is 0 Å². The van der Waals surface area contributed by atoms with Crippen molar-refractivity contribution in [2.75, 3.05) is 19.6 Å². The number of rotatable bonds is 6. The van der Waals surface area contributed by atoms with Crippen molar-refractivity contribution in [2.24, 2.45) is 5.41 Å². The number of nitrogens with zero attached hydrogens (tertiary/aromatic N) is 3. The first-order valence-electron chi connectivity index (χ1n) is 11.1. The first-order valence-corrected chi connectivity index (χ1v) is 11.1. The second-order valence-electron chi connectivity index (χ2n) is 8.22. The summed E-state index contributed by atoms with van der Waals surface area (Å²) in [6.07, 6.45) is 7.08. The van der Waals surface area contributed by atoms with Crippen LogP contribution in [0.3, 0.4) is 0 Å². The topological polar surface area (TPSA) is 75.2 Å². The maximum absolute atomic E-state index is 13.3. The van der Waals surface area contributed by atoms with Crippen molar-refractivity contribution in [1.82, 2.24) is 20.2 Å². The predicted octanol–water partition coefficient (Wildman–Crippen LogP) is 3.74. The van der Waals surface area contributed by atoms with E-state index in [1.54, 1.807) is 24.5 Å². The van der Waals surface area contributed by atoms with Crippen LogP contribution in [-0.2, 0) is 11.2 Å². The van der Waals surface area contributed by atoms with E-state index in [1.807, 2.05) is 48.4 Å². The minimum Gasteiger partial charge on any atom is -0.356 e. The number of hydrogen-bond acceptors (Lipinski definition) is 4. The molecule has 1 saturated heterocycles. The van der Waals surface area contributed by atoms with E-state index in [1.165, 1.54) is 0 Å². The molecule has 0 saturated carbocycles. The summed E-state index contributed by atoms with van der Waals surface area (Å²) >= 11 is 0. The van der Waals surface area contributed by atoms with E-state index >= 15 is 0 Å². The van der Waals surface area contributed by atoms with Crippen LogP contribution in [0.1, 0.15) is 35.8 Å². The normalized spacial score (nSPS) is 15.2. The average molecular weight is 429 g/mol. The molecular formula is C26H28N4O2. The third kappa shape index (κ3) is 4.54. The first kappa shape index (κ1) is 21.7. The fourth-order valence-electron chi connectivity index (χ4n) is 4.46. The molecule has 3 heterocycles. The van der Waals surface area contributed by atoms with Gasteiger partial charge in [-0.25, -0.2) is 0 Å². The number of nitrogens with one attached hydrogen (secondary N) is 1. The molecule has 1 aliphatic rings. The zero-order valence-corrected chi connectivity index (χ0v) is 18.3. The summed E-state index contributed by atoms with van der Waals surface area (Å²) in [5, 5.41) is 3.04. The van der Waals surface area contributed by atoms with E-state index in [-0.39, 0.29) is 11.8 Å². The van der Waals surface area contributed by atoms with Crippen LogP contribution in [0, 0.1) is 5.41 Å². The summed E-state index contributed by atoms with van der Waals surface area (Å²) in [4.78, 5) is 36.4. The lowest BCUT2D eigenvalue weighted by Gasteiger charge is -2.41. The Morgan fingerprint density at radius 2 is 1.78 bits per heavy atom. The maximum atomic E-state index is 13.3. The molecule has 1 aromatic carbocycles. The summed E-state index contributed by atoms with van der Waals surface area (Å²) in [5.74, 6) is -0.0169. The SMILES string of the molecule is CCNC(=O)C1(Cc2ccccc2-c2cccnc2)CCN(C(=O)c2ccccn2)CC1. The van der Waals surface area contributed by atoms with Gasteiger partial charge in [-0.1, -0.05) is 36.4 Å². The molecule has 2 amide bonds. The molecule has 0 unspecified atom stereocenters. The van der Waals surface area contributed by atoms with E-state index in [4.69, 9.17) is 0 Å². The molecule has 0 radical (unpaired) electrons. The quantitative estimate of drug-likeness (QED) is 0.649. The van der Waals surface area contributed by atoms with Crippen LogP contribution >= 0.6 is 0 Å². The standard InChI is InChI=1S/C26H28N4O2/c1-2-28-25(32)26(12-16-30(17-13-26)24(31)23-11-5-6-15-29-23)18-20-8-3-4-10-22(20)21-9-7-14-27-19-21/h3-11,14-15,19H,2,12-13,16-18H2,1H3,(H,28,32). The van der Waals surface area contributed by atoms with Crippen LogP contribution in [0.2, 0.25) is 0 Å². The minimum atomic E-state index is -0.560. The number of pyridine rings is 2. The predicted molar refractivity (Wildman–Crippen MR) is 124 cm³/mol.